The minimum atomic E-state index is -0.488. The van der Waals surface area contributed by atoms with Crippen LogP contribution in [0.5, 0.6) is 0 Å². The molecule has 0 fully saturated rings. The van der Waals surface area contributed by atoms with Crippen molar-refractivity contribution in [3.05, 3.63) is 54.6 Å². The average molecular weight is 285 g/mol. The molecule has 1 unspecified atom stereocenters. The first kappa shape index (κ1) is 13.6. The summed E-state index contributed by atoms with van der Waals surface area (Å²) in [5, 5.41) is 2.80. The Labute approximate surface area is 122 Å². The molecule has 0 N–H and O–H groups in total. The Morgan fingerprint density at radius 2 is 1.65 bits per heavy atom. The molecule has 3 rings (SSSR count). The lowest BCUT2D eigenvalue weighted by Gasteiger charge is -2.29. The van der Waals surface area contributed by atoms with Crippen LogP contribution in [-0.4, -0.2) is 19.1 Å². The van der Waals surface area contributed by atoms with E-state index in [-0.39, 0.29) is 12.1 Å². The lowest BCUT2D eigenvalue weighted by Crippen LogP contribution is -2.32. The third kappa shape index (κ3) is 2.34. The van der Waals surface area contributed by atoms with E-state index in [9.17, 15) is 0 Å². The number of nitrogens with zero attached hydrogens (tertiary/aromatic N) is 1. The van der Waals surface area contributed by atoms with Crippen LogP contribution >= 0.6 is 7.92 Å². The summed E-state index contributed by atoms with van der Waals surface area (Å²) in [7, 11) is 1.65. The zero-order valence-corrected chi connectivity index (χ0v) is 13.0. The van der Waals surface area contributed by atoms with E-state index in [1.54, 1.807) is 0 Å². The summed E-state index contributed by atoms with van der Waals surface area (Å²) in [6, 6.07) is 19.4. The third-order valence-electron chi connectivity index (χ3n) is 3.50. The molecular formula is C17H20NOP. The van der Waals surface area contributed by atoms with Crippen molar-refractivity contribution in [2.45, 2.75) is 25.9 Å². The van der Waals surface area contributed by atoms with Crippen LogP contribution in [0.2, 0.25) is 0 Å². The minimum absolute atomic E-state index is 0.129. The topological polar surface area (TPSA) is 12.5 Å². The molecule has 2 atom stereocenters. The van der Waals surface area contributed by atoms with E-state index in [2.05, 4.69) is 80.4 Å². The second kappa shape index (κ2) is 5.55. The zero-order valence-electron chi connectivity index (χ0n) is 12.2. The lowest BCUT2D eigenvalue weighted by molar-refractivity contribution is 0.0590. The van der Waals surface area contributed by atoms with E-state index in [4.69, 9.17) is 4.74 Å². The van der Waals surface area contributed by atoms with Gasteiger partial charge in [-0.1, -0.05) is 48.5 Å². The standard InChI is InChI=1S/C17H20NOP/c1-13(2)19-17-18(3)15-11-7-8-12-16(15)20(17)14-9-5-4-6-10-14/h4-13,17H,1-3H3/t17-,20?/m0/s1. The molecule has 2 aromatic carbocycles. The number of anilines is 1. The van der Waals surface area contributed by atoms with Crippen LogP contribution in [-0.2, 0) is 4.74 Å². The van der Waals surface area contributed by atoms with E-state index in [0.29, 0.717) is 0 Å². The van der Waals surface area contributed by atoms with Gasteiger partial charge < -0.3 is 9.64 Å². The Morgan fingerprint density at radius 3 is 2.35 bits per heavy atom. The Morgan fingerprint density at radius 1 is 1.00 bits per heavy atom. The Bertz CT molecular complexity index is 585. The molecule has 1 heterocycles. The largest absolute Gasteiger partial charge is 0.351 e. The first-order valence-corrected chi connectivity index (χ1v) is 8.41. The van der Waals surface area contributed by atoms with Gasteiger partial charge in [0, 0.05) is 26.0 Å². The number of ether oxygens (including phenoxy) is 1. The van der Waals surface area contributed by atoms with Crippen molar-refractivity contribution in [2.75, 3.05) is 11.9 Å². The average Bonchev–Trinajstić information content (AvgIpc) is 2.73. The first-order chi connectivity index (χ1) is 9.68. The smallest absolute Gasteiger partial charge is 0.157 e. The highest BCUT2D eigenvalue weighted by atomic mass is 31.1. The van der Waals surface area contributed by atoms with Crippen molar-refractivity contribution in [1.29, 1.82) is 0 Å². The molecule has 20 heavy (non-hydrogen) atoms. The van der Waals surface area contributed by atoms with Crippen molar-refractivity contribution >= 4 is 24.2 Å². The zero-order chi connectivity index (χ0) is 14.1. The molecule has 0 radical (unpaired) electrons. The molecule has 2 aromatic rings. The second-order valence-electron chi connectivity index (χ2n) is 5.32. The van der Waals surface area contributed by atoms with Gasteiger partial charge >= 0.3 is 0 Å². The molecule has 0 bridgehead atoms. The quantitative estimate of drug-likeness (QED) is 0.803. The van der Waals surface area contributed by atoms with E-state index in [1.165, 1.54) is 16.3 Å². The summed E-state index contributed by atoms with van der Waals surface area (Å²) in [5.41, 5.74) is 1.30. The second-order valence-corrected chi connectivity index (χ2v) is 7.50. The fourth-order valence-electron chi connectivity index (χ4n) is 2.63. The SMILES string of the molecule is CC(C)O[C@@H]1N(C)c2ccccc2P1c1ccccc1. The maximum atomic E-state index is 6.23. The normalized spacial score (nSPS) is 21.3. The molecule has 104 valence electrons. The molecule has 0 amide bonds. The van der Waals surface area contributed by atoms with Crippen LogP contribution in [0.3, 0.4) is 0 Å². The van der Waals surface area contributed by atoms with Gasteiger partial charge in [-0.3, -0.25) is 0 Å². The van der Waals surface area contributed by atoms with E-state index >= 15 is 0 Å². The fourth-order valence-corrected chi connectivity index (χ4v) is 5.45. The number of benzene rings is 2. The molecule has 0 aromatic heterocycles. The highest BCUT2D eigenvalue weighted by molar-refractivity contribution is 7.74. The molecule has 3 heteroatoms. The van der Waals surface area contributed by atoms with Gasteiger partial charge in [0.25, 0.3) is 0 Å². The van der Waals surface area contributed by atoms with Crippen LogP contribution in [0.4, 0.5) is 5.69 Å². The number of fused-ring (bicyclic) bond motifs is 1. The first-order valence-electron chi connectivity index (χ1n) is 7.00. The Balaban J connectivity index is 2.07. The maximum absolute atomic E-state index is 6.23. The van der Waals surface area contributed by atoms with E-state index in [0.717, 1.165) is 0 Å². The summed E-state index contributed by atoms with van der Waals surface area (Å²) in [6.45, 7) is 4.21. The minimum Gasteiger partial charge on any atom is -0.351 e. The molecule has 1 aliphatic heterocycles. The number of hydrogen-bond donors (Lipinski definition) is 0. The van der Waals surface area contributed by atoms with Crippen molar-refractivity contribution in [3.8, 4) is 0 Å². The summed E-state index contributed by atoms with van der Waals surface area (Å²) >= 11 is 0. The van der Waals surface area contributed by atoms with Crippen molar-refractivity contribution in [3.63, 3.8) is 0 Å². The predicted molar refractivity (Wildman–Crippen MR) is 87.5 cm³/mol. The van der Waals surface area contributed by atoms with Gasteiger partial charge in [-0.25, -0.2) is 0 Å². The third-order valence-corrected chi connectivity index (χ3v) is 6.16. The lowest BCUT2D eigenvalue weighted by atomic mass is 10.3. The van der Waals surface area contributed by atoms with Crippen LogP contribution < -0.4 is 15.5 Å². The number of rotatable bonds is 3. The summed E-state index contributed by atoms with van der Waals surface area (Å²) < 4.78 is 6.23. The van der Waals surface area contributed by atoms with Crippen molar-refractivity contribution < 1.29 is 4.74 Å². The van der Waals surface area contributed by atoms with Crippen LogP contribution in [0.25, 0.3) is 0 Å². The summed E-state index contributed by atoms with van der Waals surface area (Å²) in [4.78, 5) is 2.29. The molecule has 0 spiro atoms. The monoisotopic (exact) mass is 285 g/mol. The Hall–Kier alpha value is -1.37. The Kier molecular flexibility index (Phi) is 3.78. The van der Waals surface area contributed by atoms with Crippen molar-refractivity contribution in [2.24, 2.45) is 0 Å². The number of para-hydroxylation sites is 1. The molecule has 1 aliphatic rings. The maximum Gasteiger partial charge on any atom is 0.157 e. The molecule has 0 saturated carbocycles. The van der Waals surface area contributed by atoms with Crippen molar-refractivity contribution in [1.82, 2.24) is 0 Å². The molecular weight excluding hydrogens is 265 g/mol. The van der Waals surface area contributed by atoms with Gasteiger partial charge in [0.2, 0.25) is 0 Å². The summed E-state index contributed by atoms with van der Waals surface area (Å²) in [5.74, 6) is 0.129. The predicted octanol–water partition coefficient (Wildman–Crippen LogP) is 3.28. The molecule has 0 aliphatic carbocycles. The highest BCUT2D eigenvalue weighted by Gasteiger charge is 2.38. The van der Waals surface area contributed by atoms with Crippen LogP contribution in [0.1, 0.15) is 13.8 Å². The van der Waals surface area contributed by atoms with Gasteiger partial charge in [0.1, 0.15) is 0 Å². The molecule has 0 saturated heterocycles. The van der Waals surface area contributed by atoms with Crippen LogP contribution in [0.15, 0.2) is 54.6 Å². The van der Waals surface area contributed by atoms with Gasteiger partial charge in [-0.2, -0.15) is 0 Å². The van der Waals surface area contributed by atoms with Gasteiger partial charge in [-0.15, -0.1) is 0 Å². The van der Waals surface area contributed by atoms with Crippen LogP contribution in [0, 0.1) is 0 Å². The fraction of sp³-hybridized carbons (Fsp3) is 0.294. The van der Waals surface area contributed by atoms with Gasteiger partial charge in [-0.05, 0) is 25.2 Å². The van der Waals surface area contributed by atoms with Gasteiger partial charge in [0.15, 0.2) is 5.97 Å². The highest BCUT2D eigenvalue weighted by Crippen LogP contribution is 2.50. The summed E-state index contributed by atoms with van der Waals surface area (Å²) in [6.07, 6.45) is 0.227. The van der Waals surface area contributed by atoms with E-state index < -0.39 is 7.92 Å². The number of hydrogen-bond acceptors (Lipinski definition) is 2. The van der Waals surface area contributed by atoms with Gasteiger partial charge in [0.05, 0.1) is 6.10 Å². The molecule has 2 nitrogen and oxygen atoms in total. The van der Waals surface area contributed by atoms with E-state index in [1.807, 2.05) is 0 Å².